The summed E-state index contributed by atoms with van der Waals surface area (Å²) < 4.78 is 31.8. The van der Waals surface area contributed by atoms with E-state index < -0.39 is 11.4 Å². The standard InChI is InChI=1S/C23H29ClFN5O4/c1-23(2,3)34-22(31)30-9-8-29-11-14-20(33-12-13(29)10-30)18(24)19(27-21(14)28-26)17-15(25)6-5-7-16(17)32-4/h5-7,13H,8-12,26H2,1-4H3,(H,27,28)/t13-/m1/s1. The topological polar surface area (TPSA) is 102 Å². The van der Waals surface area contributed by atoms with Crippen LogP contribution < -0.4 is 20.7 Å². The molecule has 2 aromatic rings. The smallest absolute Gasteiger partial charge is 0.410 e. The number of carbonyl (C=O) groups is 1. The Hall–Kier alpha value is -2.82. The second kappa shape index (κ2) is 9.44. The lowest BCUT2D eigenvalue weighted by atomic mass is 10.1. The Labute approximate surface area is 202 Å². The number of piperazine rings is 1. The number of anilines is 1. The molecule has 3 heterocycles. The number of hydrogen-bond acceptors (Lipinski definition) is 8. The van der Waals surface area contributed by atoms with Crippen molar-refractivity contribution >= 4 is 23.5 Å². The van der Waals surface area contributed by atoms with Crippen molar-refractivity contribution in [2.24, 2.45) is 5.84 Å². The Morgan fingerprint density at radius 3 is 2.79 bits per heavy atom. The number of ether oxygens (including phenoxy) is 3. The second-order valence-electron chi connectivity index (χ2n) is 9.25. The largest absolute Gasteiger partial charge is 0.496 e. The van der Waals surface area contributed by atoms with Gasteiger partial charge in [-0.25, -0.2) is 20.0 Å². The highest BCUT2D eigenvalue weighted by atomic mass is 35.5. The van der Waals surface area contributed by atoms with Crippen LogP contribution in [0.25, 0.3) is 11.3 Å². The number of pyridine rings is 1. The van der Waals surface area contributed by atoms with E-state index in [-0.39, 0.29) is 40.8 Å². The quantitative estimate of drug-likeness (QED) is 0.493. The number of methoxy groups -OCH3 is 1. The molecule has 2 aliphatic rings. The number of nitrogens with two attached hydrogens (primary N) is 1. The van der Waals surface area contributed by atoms with Crippen LogP contribution in [-0.2, 0) is 11.3 Å². The Bertz CT molecular complexity index is 1090. The van der Waals surface area contributed by atoms with Crippen molar-refractivity contribution in [2.45, 2.75) is 39.0 Å². The van der Waals surface area contributed by atoms with Crippen LogP contribution in [0.3, 0.4) is 0 Å². The van der Waals surface area contributed by atoms with Gasteiger partial charge in [0.2, 0.25) is 0 Å². The number of fused-ring (bicyclic) bond motifs is 2. The highest BCUT2D eigenvalue weighted by Crippen LogP contribution is 2.45. The van der Waals surface area contributed by atoms with Gasteiger partial charge in [0, 0.05) is 26.2 Å². The number of hydrogen-bond donors (Lipinski definition) is 2. The molecule has 3 N–H and O–H groups in total. The SMILES string of the molecule is COc1cccc(F)c1-c1nc(NN)c2c(c1Cl)OC[C@H]1CN(C(=O)OC(C)(C)C)CCN1C2. The average molecular weight is 494 g/mol. The number of benzene rings is 1. The Morgan fingerprint density at radius 2 is 2.12 bits per heavy atom. The number of rotatable bonds is 3. The summed E-state index contributed by atoms with van der Waals surface area (Å²) in [5.41, 5.74) is 2.98. The molecule has 0 saturated carbocycles. The molecule has 1 fully saturated rings. The van der Waals surface area contributed by atoms with E-state index in [4.69, 9.17) is 31.7 Å². The molecule has 34 heavy (non-hydrogen) atoms. The molecular formula is C23H29ClFN5O4. The van der Waals surface area contributed by atoms with E-state index in [2.05, 4.69) is 15.3 Å². The predicted octanol–water partition coefficient (Wildman–Crippen LogP) is 3.65. The monoisotopic (exact) mass is 493 g/mol. The van der Waals surface area contributed by atoms with Gasteiger partial charge in [0.25, 0.3) is 0 Å². The summed E-state index contributed by atoms with van der Waals surface area (Å²) in [6.45, 7) is 7.79. The maximum atomic E-state index is 14.8. The van der Waals surface area contributed by atoms with E-state index >= 15 is 0 Å². The van der Waals surface area contributed by atoms with Crippen molar-refractivity contribution in [3.63, 3.8) is 0 Å². The van der Waals surface area contributed by atoms with E-state index in [0.29, 0.717) is 43.3 Å². The molecule has 1 aromatic heterocycles. The first-order valence-electron chi connectivity index (χ1n) is 11.0. The molecule has 0 spiro atoms. The first-order valence-corrected chi connectivity index (χ1v) is 11.4. The second-order valence-corrected chi connectivity index (χ2v) is 9.63. The molecule has 9 nitrogen and oxygen atoms in total. The van der Waals surface area contributed by atoms with Crippen LogP contribution in [0.4, 0.5) is 15.0 Å². The van der Waals surface area contributed by atoms with E-state index in [1.165, 1.54) is 13.2 Å². The minimum Gasteiger partial charge on any atom is -0.496 e. The number of nitrogens with zero attached hydrogens (tertiary/aromatic N) is 3. The molecule has 4 rings (SSSR count). The molecule has 0 bridgehead atoms. The van der Waals surface area contributed by atoms with Gasteiger partial charge in [0.15, 0.2) is 0 Å². The number of aromatic nitrogens is 1. The summed E-state index contributed by atoms with van der Waals surface area (Å²) in [6.07, 6.45) is -0.355. The van der Waals surface area contributed by atoms with E-state index in [1.807, 2.05) is 20.8 Å². The van der Waals surface area contributed by atoms with Gasteiger partial charge in [-0.3, -0.25) is 4.90 Å². The molecule has 0 radical (unpaired) electrons. The zero-order valence-electron chi connectivity index (χ0n) is 19.7. The molecule has 184 valence electrons. The number of nitrogens with one attached hydrogen (secondary N) is 1. The van der Waals surface area contributed by atoms with Crippen molar-refractivity contribution in [3.05, 3.63) is 34.6 Å². The lowest BCUT2D eigenvalue weighted by Crippen LogP contribution is -2.56. The maximum absolute atomic E-state index is 14.8. The fourth-order valence-corrected chi connectivity index (χ4v) is 4.50. The highest BCUT2D eigenvalue weighted by molar-refractivity contribution is 6.35. The fourth-order valence-electron chi connectivity index (χ4n) is 4.20. The minimum absolute atomic E-state index is 0.0955. The molecule has 11 heteroatoms. The van der Waals surface area contributed by atoms with Crippen molar-refractivity contribution in [3.8, 4) is 22.8 Å². The van der Waals surface area contributed by atoms with Crippen molar-refractivity contribution in [1.82, 2.24) is 14.8 Å². The number of carbonyl (C=O) groups excluding carboxylic acids is 1. The molecular weight excluding hydrogens is 465 g/mol. The molecule has 1 aromatic carbocycles. The number of hydrazine groups is 1. The summed E-state index contributed by atoms with van der Waals surface area (Å²) in [5.74, 6) is 6.26. The van der Waals surface area contributed by atoms with E-state index in [9.17, 15) is 9.18 Å². The van der Waals surface area contributed by atoms with Gasteiger partial charge in [-0.1, -0.05) is 17.7 Å². The van der Waals surface area contributed by atoms with Gasteiger partial charge in [0.1, 0.15) is 46.1 Å². The van der Waals surface area contributed by atoms with Gasteiger partial charge < -0.3 is 24.5 Å². The van der Waals surface area contributed by atoms with Crippen LogP contribution in [0.2, 0.25) is 5.02 Å². The van der Waals surface area contributed by atoms with Gasteiger partial charge in [-0.05, 0) is 32.9 Å². The highest BCUT2D eigenvalue weighted by Gasteiger charge is 2.36. The molecule has 0 unspecified atom stereocenters. The van der Waals surface area contributed by atoms with Crippen LogP contribution in [-0.4, -0.2) is 65.9 Å². The Kier molecular flexibility index (Phi) is 6.75. The van der Waals surface area contributed by atoms with Crippen LogP contribution in [0.5, 0.6) is 11.5 Å². The summed E-state index contributed by atoms with van der Waals surface area (Å²) in [4.78, 5) is 21.0. The minimum atomic E-state index is -0.574. The van der Waals surface area contributed by atoms with Gasteiger partial charge in [-0.2, -0.15) is 0 Å². The molecule has 1 amide bonds. The zero-order valence-corrected chi connectivity index (χ0v) is 20.4. The normalized spacial score (nSPS) is 18.3. The lowest BCUT2D eigenvalue weighted by Gasteiger charge is -2.40. The summed E-state index contributed by atoms with van der Waals surface area (Å²) in [6, 6.07) is 4.39. The molecule has 0 aliphatic carbocycles. The summed E-state index contributed by atoms with van der Waals surface area (Å²) >= 11 is 6.73. The molecule has 2 aliphatic heterocycles. The Balaban J connectivity index is 1.67. The number of amides is 1. The van der Waals surface area contributed by atoms with E-state index in [1.54, 1.807) is 17.0 Å². The third-order valence-electron chi connectivity index (χ3n) is 5.80. The van der Waals surface area contributed by atoms with Gasteiger partial charge in [-0.15, -0.1) is 0 Å². The molecule has 1 saturated heterocycles. The van der Waals surface area contributed by atoms with Crippen LogP contribution in [0.15, 0.2) is 18.2 Å². The average Bonchev–Trinajstić information content (AvgIpc) is 2.98. The third kappa shape index (κ3) is 4.70. The first-order chi connectivity index (χ1) is 16.1. The number of halogens is 2. The van der Waals surface area contributed by atoms with Crippen LogP contribution >= 0.6 is 11.6 Å². The Morgan fingerprint density at radius 1 is 1.35 bits per heavy atom. The van der Waals surface area contributed by atoms with Crippen molar-refractivity contribution in [1.29, 1.82) is 0 Å². The van der Waals surface area contributed by atoms with E-state index in [0.717, 1.165) is 0 Å². The van der Waals surface area contributed by atoms with Gasteiger partial charge in [0.05, 0.1) is 24.3 Å². The number of nitrogen functional groups attached to an aromatic ring is 1. The molecule has 1 atom stereocenters. The fraction of sp³-hybridized carbons (Fsp3) is 0.478. The zero-order chi connectivity index (χ0) is 24.6. The van der Waals surface area contributed by atoms with Crippen molar-refractivity contribution in [2.75, 3.05) is 38.8 Å². The summed E-state index contributed by atoms with van der Waals surface area (Å²) in [7, 11) is 1.45. The first kappa shape index (κ1) is 24.3. The lowest BCUT2D eigenvalue weighted by molar-refractivity contribution is -0.00153. The third-order valence-corrected chi connectivity index (χ3v) is 6.15. The van der Waals surface area contributed by atoms with Crippen LogP contribution in [0.1, 0.15) is 26.3 Å². The predicted molar refractivity (Wildman–Crippen MR) is 127 cm³/mol. The van der Waals surface area contributed by atoms with Crippen molar-refractivity contribution < 1.29 is 23.4 Å². The summed E-state index contributed by atoms with van der Waals surface area (Å²) in [5, 5.41) is 0.168. The van der Waals surface area contributed by atoms with Crippen LogP contribution in [0, 0.1) is 5.82 Å². The maximum Gasteiger partial charge on any atom is 0.410 e. The van der Waals surface area contributed by atoms with Gasteiger partial charge >= 0.3 is 6.09 Å².